The molecule has 0 bridgehead atoms. The molecule has 2 unspecified atom stereocenters. The molecule has 8 aromatic rings. The minimum absolute atomic E-state index is 0. The maximum atomic E-state index is 11.8. The number of methoxy groups -OCH3 is 2. The van der Waals surface area contributed by atoms with Gasteiger partial charge in [-0.05, 0) is 97.1 Å². The van der Waals surface area contributed by atoms with Gasteiger partial charge in [0.15, 0.2) is 0 Å². The maximum Gasteiger partial charge on any atom is 0.339 e. The topological polar surface area (TPSA) is 218 Å². The quantitative estimate of drug-likeness (QED) is 0.0358. The largest absolute Gasteiger partial charge is 0.465 e. The smallest absolute Gasteiger partial charge is 0.339 e. The number of rotatable bonds is 25. The number of hydrogen-bond acceptors (Lipinski definition) is 18. The second-order valence-corrected chi connectivity index (χ2v) is 18.1. The first kappa shape index (κ1) is 69.5. The molecule has 0 radical (unpaired) electrons. The molecule has 0 saturated heterocycles. The summed E-state index contributed by atoms with van der Waals surface area (Å²) in [5, 5.41) is 25.7. The second kappa shape index (κ2) is 39.7. The molecule has 81 heavy (non-hydrogen) atoms. The van der Waals surface area contributed by atoms with E-state index in [1.54, 1.807) is 61.4 Å². The average molecular weight is 1170 g/mol. The Bertz CT molecular complexity index is 2780. The number of nitrogens with one attached hydrogen (secondary N) is 1. The summed E-state index contributed by atoms with van der Waals surface area (Å²) in [6.45, 7) is 6.02. The molecule has 8 rings (SSSR count). The summed E-state index contributed by atoms with van der Waals surface area (Å²) in [4.78, 5) is 64.0. The first-order valence-corrected chi connectivity index (χ1v) is 26.0. The van der Waals surface area contributed by atoms with Crippen molar-refractivity contribution >= 4 is 27.9 Å². The van der Waals surface area contributed by atoms with E-state index in [1.807, 2.05) is 109 Å². The zero-order valence-electron chi connectivity index (χ0n) is 43.3. The van der Waals surface area contributed by atoms with Gasteiger partial charge in [0.1, 0.15) is 0 Å². The van der Waals surface area contributed by atoms with E-state index in [0.717, 1.165) is 45.6 Å². The van der Waals surface area contributed by atoms with Gasteiger partial charge in [0.25, 0.3) is 0 Å². The number of ether oxygens (including phenoxy) is 2. The summed E-state index contributed by atoms with van der Waals surface area (Å²) in [6, 6.07) is 42.0. The van der Waals surface area contributed by atoms with Gasteiger partial charge in [-0.2, -0.15) is 0 Å². The summed E-state index contributed by atoms with van der Waals surface area (Å²) in [6.07, 6.45) is 12.5. The van der Waals surface area contributed by atoms with Gasteiger partial charge in [0.2, 0.25) is 0 Å². The predicted octanol–water partition coefficient (Wildman–Crippen LogP) is 9.45. The summed E-state index contributed by atoms with van der Waals surface area (Å²) in [5.41, 5.74) is 8.20. The van der Waals surface area contributed by atoms with Crippen LogP contribution in [0.4, 0.5) is 0 Å². The summed E-state index contributed by atoms with van der Waals surface area (Å²) in [5.74, 6) is -0.783. The summed E-state index contributed by atoms with van der Waals surface area (Å²) < 4.78 is 9.29. The number of esters is 2. The van der Waals surface area contributed by atoms with Crippen LogP contribution in [0, 0.1) is 0 Å². The Morgan fingerprint density at radius 1 is 0.432 bits per heavy atom. The molecule has 0 amide bonds. The third kappa shape index (κ3) is 26.5. The van der Waals surface area contributed by atoms with E-state index >= 15 is 0 Å². The van der Waals surface area contributed by atoms with Crippen molar-refractivity contribution in [3.63, 3.8) is 0 Å². The predicted molar refractivity (Wildman–Crippen MR) is 322 cm³/mol. The number of aliphatic hydroxyl groups excluding tert-OH is 2. The standard InChI is InChI=1S/C29H32N6O3.C21H25N5O.C8H8BrNO2.4CH4/c1-38-29(37)23-11-12-27(33-16-23)20-35(19-26-10-4-7-15-32-26)22-28(36)21-34(17-24-8-2-5-13-30-24)18-25-9-3-6-14-31-25;27-21(14-22-13-18-7-1-4-10-23-18)17-26(15-19-8-2-5-11-24-19)16-20-9-3-6-12-25-20;1-12-8(11)6-2-3-7(4-9)10-5-6;;;;/h2-16,28,36H,17-22H2,1H3;1-12,21-22,27H,13-17H2;2-3,5H,4H2,1H3;4*1H4. The molecule has 432 valence electrons. The molecule has 0 saturated carbocycles. The van der Waals surface area contributed by atoms with Crippen molar-refractivity contribution in [2.45, 2.75) is 93.1 Å². The molecular weight excluding hydrogens is 1090 g/mol. The fourth-order valence-corrected chi connectivity index (χ4v) is 8.10. The summed E-state index contributed by atoms with van der Waals surface area (Å²) in [7, 11) is 2.69. The molecule has 0 aliphatic carbocycles. The van der Waals surface area contributed by atoms with Gasteiger partial charge in [-0.15, -0.1) is 0 Å². The van der Waals surface area contributed by atoms with E-state index in [2.05, 4.69) is 80.6 Å². The SMILES string of the molecule is C.C.C.C.COC(=O)c1ccc(CBr)nc1.COC(=O)c1ccc(CN(Cc2ccccn2)CC(O)CN(Cc2ccccn2)Cc2ccccn2)nc1.OC(CNCc1ccccn1)CN(Cc1ccccn1)Cc1ccccn1. The molecule has 8 aromatic heterocycles. The van der Waals surface area contributed by atoms with E-state index in [1.165, 1.54) is 26.6 Å². The second-order valence-electron chi connectivity index (χ2n) is 17.6. The van der Waals surface area contributed by atoms with Gasteiger partial charge in [0.05, 0.1) is 83.1 Å². The zero-order chi connectivity index (χ0) is 54.3. The van der Waals surface area contributed by atoms with Crippen molar-refractivity contribution in [1.29, 1.82) is 0 Å². The lowest BCUT2D eigenvalue weighted by atomic mass is 10.2. The van der Waals surface area contributed by atoms with E-state index < -0.39 is 18.2 Å². The molecule has 0 fully saturated rings. The molecule has 3 N–H and O–H groups in total. The highest BCUT2D eigenvalue weighted by Gasteiger charge is 2.20. The maximum absolute atomic E-state index is 11.8. The molecule has 0 aliphatic heterocycles. The lowest BCUT2D eigenvalue weighted by Crippen LogP contribution is -2.40. The van der Waals surface area contributed by atoms with Gasteiger partial charge >= 0.3 is 11.9 Å². The van der Waals surface area contributed by atoms with Crippen molar-refractivity contribution in [2.24, 2.45) is 0 Å². The number of carbonyl (C=O) groups excluding carboxylic acids is 2. The first-order valence-electron chi connectivity index (χ1n) is 24.9. The van der Waals surface area contributed by atoms with Crippen molar-refractivity contribution in [3.8, 4) is 0 Å². The van der Waals surface area contributed by atoms with Gasteiger partial charge in [-0.1, -0.05) is 82.0 Å². The van der Waals surface area contributed by atoms with E-state index in [0.29, 0.717) is 88.4 Å². The number of halogens is 1. The van der Waals surface area contributed by atoms with Crippen LogP contribution in [0.3, 0.4) is 0 Å². The Balaban J connectivity index is 0.000000455. The van der Waals surface area contributed by atoms with Crippen molar-refractivity contribution < 1.29 is 29.3 Å². The van der Waals surface area contributed by atoms with E-state index in [4.69, 9.17) is 4.74 Å². The normalized spacial score (nSPS) is 11.1. The molecule has 0 spiro atoms. The Kier molecular flexibility index (Phi) is 34.1. The van der Waals surface area contributed by atoms with E-state index in [-0.39, 0.29) is 35.7 Å². The highest BCUT2D eigenvalue weighted by atomic mass is 79.9. The lowest BCUT2D eigenvalue weighted by Gasteiger charge is -2.29. The van der Waals surface area contributed by atoms with Gasteiger partial charge in [0, 0.05) is 127 Å². The van der Waals surface area contributed by atoms with Crippen LogP contribution in [0.15, 0.2) is 183 Å². The van der Waals surface area contributed by atoms with Gasteiger partial charge in [-0.3, -0.25) is 54.6 Å². The third-order valence-electron chi connectivity index (χ3n) is 11.4. The van der Waals surface area contributed by atoms with Crippen LogP contribution in [0.25, 0.3) is 0 Å². The fourth-order valence-electron chi connectivity index (χ4n) is 7.77. The number of aliphatic hydroxyl groups is 2. The Labute approximate surface area is 487 Å². The zero-order valence-corrected chi connectivity index (χ0v) is 44.9. The lowest BCUT2D eigenvalue weighted by molar-refractivity contribution is 0.0590. The molecule has 0 aliphatic rings. The van der Waals surface area contributed by atoms with Crippen LogP contribution in [0.1, 0.15) is 96.0 Å². The highest BCUT2D eigenvalue weighted by Crippen LogP contribution is 2.14. The molecule has 8 heterocycles. The van der Waals surface area contributed by atoms with Crippen LogP contribution in [-0.4, -0.2) is 129 Å². The monoisotopic (exact) mass is 1170 g/mol. The van der Waals surface area contributed by atoms with Crippen LogP contribution in [0.2, 0.25) is 0 Å². The fraction of sp³-hybridized carbons (Fsp3) is 0.323. The minimum atomic E-state index is -0.652. The third-order valence-corrected chi connectivity index (χ3v) is 12.0. The van der Waals surface area contributed by atoms with E-state index in [9.17, 15) is 19.8 Å². The van der Waals surface area contributed by atoms with Crippen LogP contribution in [-0.2, 0) is 60.6 Å². The summed E-state index contributed by atoms with van der Waals surface area (Å²) >= 11 is 3.26. The number of carbonyl (C=O) groups is 2. The van der Waals surface area contributed by atoms with Crippen molar-refractivity contribution in [3.05, 3.63) is 240 Å². The first-order chi connectivity index (χ1) is 37.7. The van der Waals surface area contributed by atoms with Crippen molar-refractivity contribution in [1.82, 2.24) is 59.9 Å². The number of hydrogen-bond donors (Lipinski definition) is 3. The number of nitrogens with zero attached hydrogens (tertiary/aromatic N) is 11. The molecule has 2 atom stereocenters. The Morgan fingerprint density at radius 3 is 1.00 bits per heavy atom. The minimum Gasteiger partial charge on any atom is -0.465 e. The Hall–Kier alpha value is -7.62. The van der Waals surface area contributed by atoms with Crippen molar-refractivity contribution in [2.75, 3.05) is 40.4 Å². The molecule has 0 aromatic carbocycles. The highest BCUT2D eigenvalue weighted by molar-refractivity contribution is 9.08. The molecule has 19 heteroatoms. The average Bonchev–Trinajstić information content (AvgIpc) is 3.47. The number of pyridine rings is 8. The Morgan fingerprint density at radius 2 is 0.728 bits per heavy atom. The molecule has 18 nitrogen and oxygen atoms in total. The van der Waals surface area contributed by atoms with Gasteiger partial charge < -0.3 is 25.0 Å². The van der Waals surface area contributed by atoms with Crippen LogP contribution < -0.4 is 5.32 Å². The van der Waals surface area contributed by atoms with Gasteiger partial charge in [-0.25, -0.2) is 9.59 Å². The number of aromatic nitrogens is 8. The van der Waals surface area contributed by atoms with Crippen LogP contribution in [0.5, 0.6) is 0 Å². The van der Waals surface area contributed by atoms with Crippen LogP contribution >= 0.6 is 15.9 Å². The molecular formula is C62H81BrN12O6. The number of alkyl halides is 1.